The van der Waals surface area contributed by atoms with Crippen LogP contribution in [0.4, 0.5) is 0 Å². The summed E-state index contributed by atoms with van der Waals surface area (Å²) in [6, 6.07) is 12.0. The Kier molecular flexibility index (Phi) is 1.44. The Balaban J connectivity index is 2.55. The van der Waals surface area contributed by atoms with Crippen LogP contribution in [0, 0.1) is 0 Å². The fraction of sp³-hybridized carbons (Fsp3) is 0. The van der Waals surface area contributed by atoms with E-state index in [0.29, 0.717) is 5.65 Å². The van der Waals surface area contributed by atoms with Gasteiger partial charge in [-0.05, 0) is 12.1 Å². The fourth-order valence-electron chi connectivity index (χ4n) is 1.51. The number of rotatable bonds is 0. The van der Waals surface area contributed by atoms with E-state index in [9.17, 15) is 0 Å². The minimum atomic E-state index is 0.712. The van der Waals surface area contributed by atoms with Gasteiger partial charge in [-0.3, -0.25) is 0 Å². The zero-order valence-corrected chi connectivity index (χ0v) is 7.38. The van der Waals surface area contributed by atoms with Gasteiger partial charge in [0.1, 0.15) is 0 Å². The van der Waals surface area contributed by atoms with Crippen LogP contribution < -0.4 is 0 Å². The lowest BCUT2D eigenvalue weighted by Gasteiger charge is -1.90. The maximum Gasteiger partial charge on any atom is 0.183 e. The molecule has 0 radical (unpaired) electrons. The van der Waals surface area contributed by atoms with Gasteiger partial charge in [0.05, 0.1) is 11.7 Å². The van der Waals surface area contributed by atoms with Gasteiger partial charge in [-0.2, -0.15) is 5.10 Å². The molecule has 0 fully saturated rings. The standard InChI is InChI=1S/C11H7N3/c1-2-4-8-6-9-7-12-14-11(9)13-10(8)5-3-1/h1-7H. The van der Waals surface area contributed by atoms with Crippen LogP contribution >= 0.6 is 0 Å². The van der Waals surface area contributed by atoms with Gasteiger partial charge in [-0.25, -0.2) is 4.98 Å². The van der Waals surface area contributed by atoms with Crippen LogP contribution in [-0.2, 0) is 0 Å². The molecule has 3 nitrogen and oxygen atoms in total. The van der Waals surface area contributed by atoms with Gasteiger partial charge >= 0.3 is 0 Å². The summed E-state index contributed by atoms with van der Waals surface area (Å²) < 4.78 is 0. The normalized spacial score (nSPS) is 10.9. The molecule has 3 heteroatoms. The predicted molar refractivity (Wildman–Crippen MR) is 54.8 cm³/mol. The van der Waals surface area contributed by atoms with E-state index in [1.54, 1.807) is 6.20 Å². The molecule has 0 aliphatic heterocycles. The summed E-state index contributed by atoms with van der Waals surface area (Å²) >= 11 is 0. The molecule has 0 atom stereocenters. The molecule has 66 valence electrons. The lowest BCUT2D eigenvalue weighted by atomic mass is 10.2. The minimum Gasteiger partial charge on any atom is -0.226 e. The summed E-state index contributed by atoms with van der Waals surface area (Å²) in [6.07, 6.45) is 1.73. The van der Waals surface area contributed by atoms with Crippen molar-refractivity contribution >= 4 is 21.9 Å². The van der Waals surface area contributed by atoms with Crippen molar-refractivity contribution in [2.45, 2.75) is 0 Å². The molecule has 0 aliphatic carbocycles. The number of fused-ring (bicyclic) bond motifs is 2. The largest absolute Gasteiger partial charge is 0.226 e. The summed E-state index contributed by atoms with van der Waals surface area (Å²) in [4.78, 5) is 4.40. The first-order chi connectivity index (χ1) is 6.93. The molecule has 0 saturated heterocycles. The Morgan fingerprint density at radius 2 is 1.86 bits per heavy atom. The van der Waals surface area contributed by atoms with Gasteiger partial charge in [0.2, 0.25) is 0 Å². The molecule has 0 saturated carbocycles. The zero-order valence-electron chi connectivity index (χ0n) is 7.38. The quantitative estimate of drug-likeness (QED) is 0.533. The number of nitrogens with zero attached hydrogens (tertiary/aromatic N) is 3. The Morgan fingerprint density at radius 3 is 2.86 bits per heavy atom. The van der Waals surface area contributed by atoms with E-state index in [1.807, 2.05) is 30.3 Å². The molecule has 14 heavy (non-hydrogen) atoms. The van der Waals surface area contributed by atoms with Crippen LogP contribution in [0.5, 0.6) is 0 Å². The van der Waals surface area contributed by atoms with Gasteiger partial charge < -0.3 is 0 Å². The molecular weight excluding hydrogens is 174 g/mol. The molecule has 1 aromatic carbocycles. The maximum absolute atomic E-state index is 4.40. The third kappa shape index (κ3) is 1.03. The minimum absolute atomic E-state index is 0.712. The van der Waals surface area contributed by atoms with Crippen molar-refractivity contribution in [3.05, 3.63) is 42.6 Å². The van der Waals surface area contributed by atoms with Gasteiger partial charge in [-0.15, -0.1) is 5.10 Å². The van der Waals surface area contributed by atoms with Gasteiger partial charge in [0, 0.05) is 10.8 Å². The lowest BCUT2D eigenvalue weighted by molar-refractivity contribution is 1.10. The predicted octanol–water partition coefficient (Wildman–Crippen LogP) is 2.18. The monoisotopic (exact) mass is 181 g/mol. The summed E-state index contributed by atoms with van der Waals surface area (Å²) in [6.45, 7) is 0. The van der Waals surface area contributed by atoms with Crippen LogP contribution in [-0.4, -0.2) is 15.2 Å². The fourth-order valence-corrected chi connectivity index (χ4v) is 1.51. The van der Waals surface area contributed by atoms with Gasteiger partial charge in [0.25, 0.3) is 0 Å². The second-order valence-corrected chi connectivity index (χ2v) is 3.13. The Hall–Kier alpha value is -2.03. The average Bonchev–Trinajstić information content (AvgIpc) is 2.51. The maximum atomic E-state index is 4.40. The third-order valence-corrected chi connectivity index (χ3v) is 2.19. The lowest BCUT2D eigenvalue weighted by Crippen LogP contribution is -1.77. The summed E-state index contributed by atoms with van der Waals surface area (Å²) in [5, 5.41) is 9.85. The van der Waals surface area contributed by atoms with E-state index in [1.165, 1.54) is 0 Å². The van der Waals surface area contributed by atoms with E-state index in [2.05, 4.69) is 21.2 Å². The first-order valence-electron chi connectivity index (χ1n) is 4.41. The number of aromatic nitrogens is 3. The molecule has 0 bridgehead atoms. The Labute approximate surface area is 80.4 Å². The molecule has 3 aromatic rings. The van der Waals surface area contributed by atoms with Crippen LogP contribution in [0.15, 0.2) is 42.6 Å². The van der Waals surface area contributed by atoms with Crippen molar-refractivity contribution in [2.75, 3.05) is 0 Å². The number of pyridine rings is 1. The number of hydrogen-bond acceptors (Lipinski definition) is 3. The molecule has 0 amide bonds. The van der Waals surface area contributed by atoms with E-state index in [0.717, 1.165) is 16.3 Å². The van der Waals surface area contributed by atoms with E-state index < -0.39 is 0 Å². The van der Waals surface area contributed by atoms with Gasteiger partial charge in [0.15, 0.2) is 5.65 Å². The Morgan fingerprint density at radius 1 is 0.929 bits per heavy atom. The van der Waals surface area contributed by atoms with Gasteiger partial charge in [-0.1, -0.05) is 24.3 Å². The second-order valence-electron chi connectivity index (χ2n) is 3.13. The van der Waals surface area contributed by atoms with Crippen LogP contribution in [0.1, 0.15) is 0 Å². The molecule has 2 heterocycles. The van der Waals surface area contributed by atoms with Crippen LogP contribution in [0.3, 0.4) is 0 Å². The zero-order chi connectivity index (χ0) is 9.38. The first kappa shape index (κ1) is 7.38. The highest BCUT2D eigenvalue weighted by Crippen LogP contribution is 2.16. The highest BCUT2D eigenvalue weighted by atomic mass is 15.1. The molecule has 0 unspecified atom stereocenters. The molecule has 2 aromatic heterocycles. The van der Waals surface area contributed by atoms with Crippen LogP contribution in [0.25, 0.3) is 21.9 Å². The van der Waals surface area contributed by atoms with Crippen molar-refractivity contribution in [3.8, 4) is 0 Å². The molecular formula is C11H7N3. The summed E-state index contributed by atoms with van der Waals surface area (Å²) in [5.74, 6) is 0. The molecule has 3 rings (SSSR count). The van der Waals surface area contributed by atoms with Crippen molar-refractivity contribution < 1.29 is 0 Å². The van der Waals surface area contributed by atoms with Crippen LogP contribution in [0.2, 0.25) is 0 Å². The smallest absolute Gasteiger partial charge is 0.183 e. The summed E-state index contributed by atoms with van der Waals surface area (Å²) in [5.41, 5.74) is 1.66. The van der Waals surface area contributed by atoms with Crippen molar-refractivity contribution in [2.24, 2.45) is 0 Å². The number of hydrogen-bond donors (Lipinski definition) is 0. The Bertz CT molecular complexity index is 554. The summed E-state index contributed by atoms with van der Waals surface area (Å²) in [7, 11) is 0. The van der Waals surface area contributed by atoms with Crippen molar-refractivity contribution in [3.63, 3.8) is 0 Å². The van der Waals surface area contributed by atoms with Crippen molar-refractivity contribution in [1.82, 2.24) is 15.2 Å². The third-order valence-electron chi connectivity index (χ3n) is 2.19. The molecule has 0 aliphatic rings. The molecule has 0 N–H and O–H groups in total. The second kappa shape index (κ2) is 2.73. The molecule has 0 spiro atoms. The topological polar surface area (TPSA) is 38.7 Å². The van der Waals surface area contributed by atoms with E-state index in [4.69, 9.17) is 0 Å². The van der Waals surface area contributed by atoms with E-state index in [-0.39, 0.29) is 0 Å². The first-order valence-corrected chi connectivity index (χ1v) is 4.41. The van der Waals surface area contributed by atoms with E-state index >= 15 is 0 Å². The van der Waals surface area contributed by atoms with Crippen molar-refractivity contribution in [1.29, 1.82) is 0 Å². The SMILES string of the molecule is c1ccc2cc3cnnc3nc2cc1. The highest BCUT2D eigenvalue weighted by Gasteiger charge is 1.99. The average molecular weight is 181 g/mol. The highest BCUT2D eigenvalue weighted by molar-refractivity contribution is 5.90.